The second kappa shape index (κ2) is 7.57. The Balaban J connectivity index is 1.99. The lowest BCUT2D eigenvalue weighted by atomic mass is 10.0. The van der Waals surface area contributed by atoms with Gasteiger partial charge in [-0.05, 0) is 24.0 Å². The Morgan fingerprint density at radius 1 is 1.10 bits per heavy atom. The van der Waals surface area contributed by atoms with Crippen LogP contribution in [-0.4, -0.2) is 45.7 Å². The summed E-state index contributed by atoms with van der Waals surface area (Å²) in [6.45, 7) is 9.37. The van der Waals surface area contributed by atoms with E-state index in [4.69, 9.17) is 0 Å². The van der Waals surface area contributed by atoms with E-state index in [2.05, 4.69) is 44.4 Å². The Morgan fingerprint density at radius 2 is 1.67 bits per heavy atom. The van der Waals surface area contributed by atoms with Crippen LogP contribution in [0, 0.1) is 0 Å². The number of anilines is 1. The maximum atomic E-state index is 12.4. The number of benzene rings is 1. The van der Waals surface area contributed by atoms with Gasteiger partial charge in [-0.3, -0.25) is 4.79 Å². The maximum Gasteiger partial charge on any atom is 0.279 e. The number of likely N-dealkylation sites (N-methyl/N-ethyl adjacent to an activating group) is 1. The predicted molar refractivity (Wildman–Crippen MR) is 86.0 cm³/mol. The van der Waals surface area contributed by atoms with Gasteiger partial charge < -0.3 is 15.1 Å². The number of para-hydroxylation sites is 1. The molecule has 1 saturated heterocycles. The lowest BCUT2D eigenvalue weighted by molar-refractivity contribution is -0.999. The molecule has 21 heavy (non-hydrogen) atoms. The molecule has 4 nitrogen and oxygen atoms in total. The van der Waals surface area contributed by atoms with Crippen LogP contribution in [0.15, 0.2) is 18.2 Å². The van der Waals surface area contributed by atoms with Crippen LogP contribution in [0.25, 0.3) is 0 Å². The Hall–Kier alpha value is -1.39. The molecule has 1 amide bonds. The van der Waals surface area contributed by atoms with Gasteiger partial charge in [-0.1, -0.05) is 32.0 Å². The quantitative estimate of drug-likeness (QED) is 0.650. The molecule has 0 atom stereocenters. The van der Waals surface area contributed by atoms with Crippen molar-refractivity contribution in [3.8, 4) is 0 Å². The Morgan fingerprint density at radius 3 is 2.19 bits per heavy atom. The van der Waals surface area contributed by atoms with Crippen molar-refractivity contribution in [3.63, 3.8) is 0 Å². The number of carbonyl (C=O) groups excluding carboxylic acids is 1. The standard InChI is InChI=1S/C17H27N3O/c1-4-14-7-6-8-15(5-2)17(14)18-16(21)13-20-11-9-19(3)10-12-20/h6-8H,4-5,9-13H2,1-3H3,(H,18,21)/p+2. The summed E-state index contributed by atoms with van der Waals surface area (Å²) in [6, 6.07) is 6.31. The summed E-state index contributed by atoms with van der Waals surface area (Å²) < 4.78 is 0. The van der Waals surface area contributed by atoms with E-state index in [0.717, 1.165) is 44.7 Å². The first-order chi connectivity index (χ1) is 10.1. The van der Waals surface area contributed by atoms with Crippen molar-refractivity contribution in [1.82, 2.24) is 0 Å². The first-order valence-electron chi connectivity index (χ1n) is 8.19. The van der Waals surface area contributed by atoms with Crippen molar-refractivity contribution in [2.75, 3.05) is 45.1 Å². The number of piperazine rings is 1. The van der Waals surface area contributed by atoms with Crippen LogP contribution < -0.4 is 15.1 Å². The van der Waals surface area contributed by atoms with E-state index in [1.807, 2.05) is 0 Å². The molecule has 0 unspecified atom stereocenters. The second-order valence-electron chi connectivity index (χ2n) is 6.09. The zero-order valence-electron chi connectivity index (χ0n) is 13.6. The van der Waals surface area contributed by atoms with Gasteiger partial charge in [-0.15, -0.1) is 0 Å². The van der Waals surface area contributed by atoms with Crippen molar-refractivity contribution in [3.05, 3.63) is 29.3 Å². The molecule has 1 aromatic rings. The summed E-state index contributed by atoms with van der Waals surface area (Å²) in [5, 5.41) is 3.17. The number of nitrogens with one attached hydrogen (secondary N) is 3. The van der Waals surface area contributed by atoms with Crippen molar-refractivity contribution >= 4 is 11.6 Å². The molecule has 0 radical (unpaired) electrons. The van der Waals surface area contributed by atoms with E-state index < -0.39 is 0 Å². The van der Waals surface area contributed by atoms with Crippen molar-refractivity contribution in [1.29, 1.82) is 0 Å². The van der Waals surface area contributed by atoms with Crippen LogP contribution in [0.3, 0.4) is 0 Å². The first kappa shape index (κ1) is 16.0. The molecule has 2 rings (SSSR count). The summed E-state index contributed by atoms with van der Waals surface area (Å²) in [7, 11) is 2.22. The highest BCUT2D eigenvalue weighted by atomic mass is 16.2. The third-order valence-electron chi connectivity index (χ3n) is 4.48. The van der Waals surface area contributed by atoms with E-state index in [1.165, 1.54) is 16.0 Å². The van der Waals surface area contributed by atoms with E-state index in [-0.39, 0.29) is 5.91 Å². The number of hydrogen-bond donors (Lipinski definition) is 3. The van der Waals surface area contributed by atoms with Gasteiger partial charge >= 0.3 is 0 Å². The SMILES string of the molecule is CCc1cccc(CC)c1NC(=O)C[NH+]1CC[NH+](C)CC1. The van der Waals surface area contributed by atoms with Crippen molar-refractivity contribution < 1.29 is 14.6 Å². The molecule has 0 spiro atoms. The average molecular weight is 291 g/mol. The fourth-order valence-electron chi connectivity index (χ4n) is 3.02. The van der Waals surface area contributed by atoms with Gasteiger partial charge in [0.05, 0.1) is 7.05 Å². The maximum absolute atomic E-state index is 12.4. The van der Waals surface area contributed by atoms with Gasteiger partial charge in [0.1, 0.15) is 26.2 Å². The third kappa shape index (κ3) is 4.29. The minimum atomic E-state index is 0.153. The zero-order valence-corrected chi connectivity index (χ0v) is 13.6. The van der Waals surface area contributed by atoms with Crippen LogP contribution in [0.1, 0.15) is 25.0 Å². The molecule has 1 heterocycles. The number of amides is 1. The minimum Gasteiger partial charge on any atom is -0.328 e. The topological polar surface area (TPSA) is 38.0 Å². The fourth-order valence-corrected chi connectivity index (χ4v) is 3.02. The molecule has 1 aromatic carbocycles. The molecular formula is C17H29N3O+2. The van der Waals surface area contributed by atoms with E-state index in [1.54, 1.807) is 4.90 Å². The molecule has 3 N–H and O–H groups in total. The summed E-state index contributed by atoms with van der Waals surface area (Å²) in [5.41, 5.74) is 3.52. The van der Waals surface area contributed by atoms with Crippen LogP contribution in [0.4, 0.5) is 5.69 Å². The monoisotopic (exact) mass is 291 g/mol. The lowest BCUT2D eigenvalue weighted by Crippen LogP contribution is -3.27. The highest BCUT2D eigenvalue weighted by molar-refractivity contribution is 5.93. The molecule has 1 aliphatic heterocycles. The predicted octanol–water partition coefficient (Wildman–Crippen LogP) is -0.837. The number of carbonyl (C=O) groups is 1. The van der Waals surface area contributed by atoms with Crippen molar-refractivity contribution in [2.45, 2.75) is 26.7 Å². The number of rotatable bonds is 5. The molecule has 0 bridgehead atoms. The smallest absolute Gasteiger partial charge is 0.279 e. The molecular weight excluding hydrogens is 262 g/mol. The fraction of sp³-hybridized carbons (Fsp3) is 0.588. The number of hydrogen-bond acceptors (Lipinski definition) is 1. The lowest BCUT2D eigenvalue weighted by Gasteiger charge is -2.27. The van der Waals surface area contributed by atoms with E-state index in [0.29, 0.717) is 6.54 Å². The number of aryl methyl sites for hydroxylation is 2. The second-order valence-corrected chi connectivity index (χ2v) is 6.09. The normalized spacial score (nSPS) is 22.0. The van der Waals surface area contributed by atoms with Gasteiger partial charge in [0.2, 0.25) is 0 Å². The largest absolute Gasteiger partial charge is 0.328 e. The van der Waals surface area contributed by atoms with E-state index in [9.17, 15) is 4.79 Å². The molecule has 0 aliphatic carbocycles. The van der Waals surface area contributed by atoms with Crippen molar-refractivity contribution in [2.24, 2.45) is 0 Å². The first-order valence-corrected chi connectivity index (χ1v) is 8.19. The van der Waals surface area contributed by atoms with Gasteiger partial charge in [0.15, 0.2) is 6.54 Å². The van der Waals surface area contributed by atoms with Crippen LogP contribution in [0.5, 0.6) is 0 Å². The van der Waals surface area contributed by atoms with Gasteiger partial charge in [-0.2, -0.15) is 0 Å². The zero-order chi connectivity index (χ0) is 15.2. The molecule has 4 heteroatoms. The highest BCUT2D eigenvalue weighted by Gasteiger charge is 2.22. The summed E-state index contributed by atoms with van der Waals surface area (Å²) >= 11 is 0. The van der Waals surface area contributed by atoms with Crippen LogP contribution in [0.2, 0.25) is 0 Å². The summed E-state index contributed by atoms with van der Waals surface area (Å²) in [4.78, 5) is 15.3. The molecule has 1 fully saturated rings. The molecule has 116 valence electrons. The Kier molecular flexibility index (Phi) is 5.76. The third-order valence-corrected chi connectivity index (χ3v) is 4.48. The van der Waals surface area contributed by atoms with Crippen LogP contribution in [-0.2, 0) is 17.6 Å². The Bertz CT molecular complexity index is 457. The minimum absolute atomic E-state index is 0.153. The molecule has 0 aromatic heterocycles. The molecule has 0 saturated carbocycles. The van der Waals surface area contributed by atoms with Gasteiger partial charge in [-0.25, -0.2) is 0 Å². The van der Waals surface area contributed by atoms with Crippen LogP contribution >= 0.6 is 0 Å². The van der Waals surface area contributed by atoms with Gasteiger partial charge in [0, 0.05) is 5.69 Å². The summed E-state index contributed by atoms with van der Waals surface area (Å²) in [6.07, 6.45) is 1.91. The highest BCUT2D eigenvalue weighted by Crippen LogP contribution is 2.22. The number of quaternary nitrogens is 2. The Labute approximate surface area is 128 Å². The molecule has 1 aliphatic rings. The summed E-state index contributed by atoms with van der Waals surface area (Å²) in [5.74, 6) is 0.153. The van der Waals surface area contributed by atoms with E-state index >= 15 is 0 Å². The van der Waals surface area contributed by atoms with Gasteiger partial charge in [0.25, 0.3) is 5.91 Å². The average Bonchev–Trinajstić information content (AvgIpc) is 2.49.